The summed E-state index contributed by atoms with van der Waals surface area (Å²) in [7, 11) is -1.67. The van der Waals surface area contributed by atoms with Crippen molar-refractivity contribution in [2.24, 2.45) is 0 Å². The Hall–Kier alpha value is -5.00. The van der Waals surface area contributed by atoms with Gasteiger partial charge in [0.15, 0.2) is 0 Å². The maximum atomic E-state index is 2.96. The van der Waals surface area contributed by atoms with Crippen LogP contribution in [-0.2, 0) is 10.8 Å². The second kappa shape index (κ2) is 11.5. The van der Waals surface area contributed by atoms with E-state index >= 15 is 0 Å². The van der Waals surface area contributed by atoms with Gasteiger partial charge in [-0.25, -0.2) is 0 Å². The van der Waals surface area contributed by atoms with Crippen LogP contribution in [0.25, 0.3) is 38.6 Å². The van der Waals surface area contributed by atoms with E-state index in [-0.39, 0.29) is 28.6 Å². The molecule has 60 heavy (non-hydrogen) atoms. The van der Waals surface area contributed by atoms with Crippen LogP contribution in [-0.4, -0.2) is 30.4 Å². The summed E-state index contributed by atoms with van der Waals surface area (Å²) in [5, 5.41) is 4.34. The molecular formula is C55H56BN3Si. The Morgan fingerprint density at radius 1 is 0.533 bits per heavy atom. The van der Waals surface area contributed by atoms with Crippen molar-refractivity contribution in [3.63, 3.8) is 0 Å². The number of fused-ring (bicyclic) bond motifs is 13. The molecule has 0 amide bonds. The molecule has 0 N–H and O–H groups in total. The molecule has 4 unspecified atom stereocenters. The quantitative estimate of drug-likeness (QED) is 0.165. The minimum atomic E-state index is -1.67. The van der Waals surface area contributed by atoms with Crippen LogP contribution in [0.15, 0.2) is 115 Å². The Bertz CT molecular complexity index is 3030. The zero-order valence-corrected chi connectivity index (χ0v) is 37.5. The van der Waals surface area contributed by atoms with Gasteiger partial charge in [0.25, 0.3) is 6.71 Å². The highest BCUT2D eigenvalue weighted by Crippen LogP contribution is 2.64. The summed E-state index contributed by atoms with van der Waals surface area (Å²) >= 11 is 0. The van der Waals surface area contributed by atoms with Crippen molar-refractivity contribution in [1.29, 1.82) is 0 Å². The average Bonchev–Trinajstić information content (AvgIpc) is 3.78. The van der Waals surface area contributed by atoms with E-state index in [1.807, 2.05) is 0 Å². The number of aromatic nitrogens is 1. The largest absolute Gasteiger partial charge is 0.335 e. The molecule has 13 rings (SSSR count). The van der Waals surface area contributed by atoms with Gasteiger partial charge in [0.05, 0.1) is 24.7 Å². The zero-order valence-electron chi connectivity index (χ0n) is 36.5. The van der Waals surface area contributed by atoms with E-state index < -0.39 is 8.07 Å². The fourth-order valence-electron chi connectivity index (χ4n) is 14.2. The van der Waals surface area contributed by atoms with E-state index in [1.54, 1.807) is 16.2 Å². The fraction of sp³-hybridized carbons (Fsp3) is 0.345. The standard InChI is InChI=1S/C55H56BN3Si/c1-52-26-13-15-28-54(52,3)58(46-25-24-36(30-41(46)52)35-18-9-8-10-19-35)37-31-47-49-48(32-37)59-51-42(53(2)27-14-16-29-55(53,59)4)33-38(60(5,6)7)34-44(51)56(49)43-22-17-21-40-39-20-11-12-23-45(39)57(47)50(40)43/h8-12,17-25,30-34H,13-16,26-29H2,1-7H3. The number of rotatable bonds is 3. The molecule has 3 nitrogen and oxygen atoms in total. The number of benzene rings is 6. The van der Waals surface area contributed by atoms with Gasteiger partial charge in [0.2, 0.25) is 0 Å². The highest BCUT2D eigenvalue weighted by atomic mass is 28.3. The molecule has 2 saturated carbocycles. The summed E-state index contributed by atoms with van der Waals surface area (Å²) < 4.78 is 2.70. The second-order valence-electron chi connectivity index (χ2n) is 21.5. The van der Waals surface area contributed by atoms with Gasteiger partial charge in [0.1, 0.15) is 0 Å². The molecule has 4 aliphatic heterocycles. The summed E-state index contributed by atoms with van der Waals surface area (Å²) in [6.07, 6.45) is 9.96. The van der Waals surface area contributed by atoms with Crippen molar-refractivity contribution in [3.8, 4) is 16.8 Å². The molecule has 298 valence electrons. The van der Waals surface area contributed by atoms with Gasteiger partial charge in [0, 0.05) is 55.6 Å². The predicted octanol–water partition coefficient (Wildman–Crippen LogP) is 11.6. The number of anilines is 4. The highest BCUT2D eigenvalue weighted by Gasteiger charge is 2.62. The SMILES string of the molecule is CC12CCCCC1(C)N(c1cc3c4c(c1)-n1c5ccccc5c5cccc(c51)B4c1cc([Si](C)(C)C)cc4c1N3C1(C)CCCCC41C)c1ccc(-c3ccccc3)cc12. The third kappa shape index (κ3) is 4.10. The summed E-state index contributed by atoms with van der Waals surface area (Å²) in [6, 6.07) is 45.7. The lowest BCUT2D eigenvalue weighted by atomic mass is 9.33. The molecule has 0 saturated heterocycles. The van der Waals surface area contributed by atoms with Crippen molar-refractivity contribution >= 4 is 80.9 Å². The first-order chi connectivity index (χ1) is 28.9. The van der Waals surface area contributed by atoms with Crippen molar-refractivity contribution in [3.05, 3.63) is 126 Å². The topological polar surface area (TPSA) is 11.4 Å². The van der Waals surface area contributed by atoms with Crippen LogP contribution in [0.4, 0.5) is 22.7 Å². The van der Waals surface area contributed by atoms with Crippen LogP contribution >= 0.6 is 0 Å². The molecule has 0 spiro atoms. The van der Waals surface area contributed by atoms with E-state index in [4.69, 9.17) is 0 Å². The van der Waals surface area contributed by atoms with Crippen molar-refractivity contribution < 1.29 is 0 Å². The van der Waals surface area contributed by atoms with E-state index in [2.05, 4.69) is 177 Å². The summed E-state index contributed by atoms with van der Waals surface area (Å²) in [5.41, 5.74) is 20.1. The molecular weight excluding hydrogens is 742 g/mol. The van der Waals surface area contributed by atoms with Crippen molar-refractivity contribution in [2.45, 2.75) is 121 Å². The average molecular weight is 798 g/mol. The first kappa shape index (κ1) is 35.7. The van der Waals surface area contributed by atoms with E-state index in [0.29, 0.717) is 0 Å². The van der Waals surface area contributed by atoms with Crippen molar-refractivity contribution in [1.82, 2.24) is 4.57 Å². The lowest BCUT2D eigenvalue weighted by Gasteiger charge is -2.53. The van der Waals surface area contributed by atoms with E-state index in [0.717, 1.165) is 0 Å². The monoisotopic (exact) mass is 797 g/mol. The smallest absolute Gasteiger partial charge is 0.252 e. The predicted molar refractivity (Wildman–Crippen MR) is 259 cm³/mol. The number of hydrogen-bond donors (Lipinski definition) is 0. The third-order valence-corrected chi connectivity index (χ3v) is 19.8. The normalized spacial score (nSPS) is 26.9. The van der Waals surface area contributed by atoms with Crippen molar-refractivity contribution in [2.75, 3.05) is 9.80 Å². The molecule has 6 aromatic carbocycles. The van der Waals surface area contributed by atoms with Crippen LogP contribution in [0.2, 0.25) is 19.6 Å². The molecule has 6 aliphatic rings. The molecule has 7 aromatic rings. The molecule has 1 aromatic heterocycles. The van der Waals surface area contributed by atoms with Gasteiger partial charge in [-0.2, -0.15) is 0 Å². The maximum absolute atomic E-state index is 2.96. The third-order valence-electron chi connectivity index (χ3n) is 17.8. The van der Waals surface area contributed by atoms with Crippen LogP contribution in [0, 0.1) is 0 Å². The number of para-hydroxylation sites is 2. The Morgan fingerprint density at radius 2 is 1.20 bits per heavy atom. The first-order valence-electron chi connectivity index (χ1n) is 23.1. The molecule has 0 bridgehead atoms. The minimum absolute atomic E-state index is 0.0234. The zero-order chi connectivity index (χ0) is 40.7. The molecule has 2 aliphatic carbocycles. The molecule has 2 fully saturated rings. The summed E-state index contributed by atoms with van der Waals surface area (Å²) in [4.78, 5) is 5.81. The van der Waals surface area contributed by atoms with E-state index in [9.17, 15) is 0 Å². The Kier molecular flexibility index (Phi) is 6.83. The molecule has 4 atom stereocenters. The number of hydrogen-bond acceptors (Lipinski definition) is 2. The lowest BCUT2D eigenvalue weighted by Crippen LogP contribution is -2.64. The molecule has 0 radical (unpaired) electrons. The van der Waals surface area contributed by atoms with Gasteiger partial charge in [-0.05, 0) is 109 Å². The van der Waals surface area contributed by atoms with Gasteiger partial charge in [-0.1, -0.05) is 149 Å². The van der Waals surface area contributed by atoms with Crippen LogP contribution < -0.4 is 31.4 Å². The highest BCUT2D eigenvalue weighted by molar-refractivity contribution is 7.01. The van der Waals surface area contributed by atoms with Gasteiger partial charge < -0.3 is 14.4 Å². The minimum Gasteiger partial charge on any atom is -0.335 e. The van der Waals surface area contributed by atoms with Crippen LogP contribution in [0.3, 0.4) is 0 Å². The molecule has 5 heterocycles. The maximum Gasteiger partial charge on any atom is 0.252 e. The fourth-order valence-corrected chi connectivity index (χ4v) is 15.4. The molecule has 5 heteroatoms. The van der Waals surface area contributed by atoms with E-state index in [1.165, 1.54) is 129 Å². The summed E-state index contributed by atoms with van der Waals surface area (Å²) in [5.74, 6) is 0. The van der Waals surface area contributed by atoms with Gasteiger partial charge in [-0.15, -0.1) is 0 Å². The lowest BCUT2D eigenvalue weighted by molar-refractivity contribution is 0.194. The first-order valence-corrected chi connectivity index (χ1v) is 26.6. The Labute approximate surface area is 357 Å². The Balaban J connectivity index is 1.16. The van der Waals surface area contributed by atoms with Crippen LogP contribution in [0.1, 0.15) is 90.2 Å². The second-order valence-corrected chi connectivity index (χ2v) is 26.6. The number of nitrogens with zero attached hydrogens (tertiary/aromatic N) is 3. The van der Waals surface area contributed by atoms with Gasteiger partial charge >= 0.3 is 0 Å². The van der Waals surface area contributed by atoms with Crippen LogP contribution in [0.5, 0.6) is 0 Å². The van der Waals surface area contributed by atoms with Gasteiger partial charge in [-0.3, -0.25) is 0 Å². The summed E-state index contributed by atoms with van der Waals surface area (Å²) in [6.45, 7) is 18.4. The Morgan fingerprint density at radius 3 is 1.97 bits per heavy atom.